The number of nitrogens with two attached hydrogens (primary N) is 1. The highest BCUT2D eigenvalue weighted by molar-refractivity contribution is 7.90. The number of carbonyl (C=O) groups excluding carboxylic acids is 1. The van der Waals surface area contributed by atoms with Gasteiger partial charge in [0.05, 0.1) is 5.75 Å². The molecule has 0 aliphatic carbocycles. The molecule has 3 N–H and O–H groups in total. The minimum Gasteiger partial charge on any atom is -0.349 e. The Morgan fingerprint density at radius 2 is 1.89 bits per heavy atom. The topological polar surface area (TPSA) is 89.3 Å². The molecule has 1 aromatic carbocycles. The summed E-state index contributed by atoms with van der Waals surface area (Å²) in [5, 5.41) is 2.66. The predicted molar refractivity (Wildman–Crippen MR) is 75.8 cm³/mol. The molecule has 0 aromatic heterocycles. The third-order valence-electron chi connectivity index (χ3n) is 2.58. The van der Waals surface area contributed by atoms with Gasteiger partial charge in [-0.05, 0) is 37.6 Å². The van der Waals surface area contributed by atoms with E-state index < -0.39 is 15.9 Å². The van der Waals surface area contributed by atoms with Crippen LogP contribution < -0.4 is 11.1 Å². The first-order valence-corrected chi connectivity index (χ1v) is 8.15. The molecule has 6 heteroatoms. The Balaban J connectivity index is 2.63. The zero-order chi connectivity index (χ0) is 14.5. The van der Waals surface area contributed by atoms with Crippen LogP contribution in [0.2, 0.25) is 0 Å². The third kappa shape index (κ3) is 5.85. The molecular weight excluding hydrogens is 264 g/mol. The molecule has 0 saturated heterocycles. The van der Waals surface area contributed by atoms with Crippen molar-refractivity contribution >= 4 is 15.7 Å². The Labute approximate surface area is 114 Å². The molecule has 0 bridgehead atoms. The first-order valence-electron chi connectivity index (χ1n) is 6.09. The van der Waals surface area contributed by atoms with E-state index in [2.05, 4.69) is 5.32 Å². The molecule has 0 spiro atoms. The molecular formula is C13H20N2O3S. The lowest BCUT2D eigenvalue weighted by atomic mass is 10.1. The van der Waals surface area contributed by atoms with E-state index in [1.54, 1.807) is 19.1 Å². The molecule has 0 radical (unpaired) electrons. The summed E-state index contributed by atoms with van der Waals surface area (Å²) in [6.07, 6.45) is 1.92. The Bertz CT molecular complexity index is 523. The Kier molecular flexibility index (Phi) is 5.50. The van der Waals surface area contributed by atoms with Gasteiger partial charge in [-0.1, -0.05) is 12.1 Å². The molecule has 1 rings (SSSR count). The van der Waals surface area contributed by atoms with E-state index in [0.29, 0.717) is 12.1 Å². The standard InChI is InChI=1S/C13H20N2O3S/c1-10(9-19(2,17)18)15-13(16)12-5-3-11(4-6-12)7-8-14/h3-6,10H,7-9,14H2,1-2H3,(H,15,16). The van der Waals surface area contributed by atoms with Gasteiger partial charge in [0, 0.05) is 17.9 Å². The number of amides is 1. The van der Waals surface area contributed by atoms with Gasteiger partial charge in [0.25, 0.3) is 5.91 Å². The summed E-state index contributed by atoms with van der Waals surface area (Å²) in [7, 11) is -3.09. The van der Waals surface area contributed by atoms with Crippen LogP contribution in [-0.4, -0.2) is 38.9 Å². The quantitative estimate of drug-likeness (QED) is 0.789. The average molecular weight is 284 g/mol. The monoisotopic (exact) mass is 284 g/mol. The van der Waals surface area contributed by atoms with E-state index in [4.69, 9.17) is 5.73 Å². The number of rotatable bonds is 6. The van der Waals surface area contributed by atoms with Crippen LogP contribution in [-0.2, 0) is 16.3 Å². The van der Waals surface area contributed by atoms with Gasteiger partial charge >= 0.3 is 0 Å². The molecule has 0 saturated carbocycles. The molecule has 1 aromatic rings. The largest absolute Gasteiger partial charge is 0.349 e. The molecule has 0 aliphatic heterocycles. The second kappa shape index (κ2) is 6.68. The van der Waals surface area contributed by atoms with E-state index in [1.165, 1.54) is 0 Å². The van der Waals surface area contributed by atoms with Crippen LogP contribution in [0.15, 0.2) is 24.3 Å². The molecule has 5 nitrogen and oxygen atoms in total. The second-order valence-corrected chi connectivity index (χ2v) is 6.89. The third-order valence-corrected chi connectivity index (χ3v) is 3.68. The van der Waals surface area contributed by atoms with Crippen LogP contribution >= 0.6 is 0 Å². The van der Waals surface area contributed by atoms with Gasteiger partial charge in [0.1, 0.15) is 9.84 Å². The highest BCUT2D eigenvalue weighted by Crippen LogP contribution is 2.05. The summed E-state index contributed by atoms with van der Waals surface area (Å²) in [6.45, 7) is 2.23. The van der Waals surface area contributed by atoms with Crippen LogP contribution in [0.25, 0.3) is 0 Å². The van der Waals surface area contributed by atoms with Crippen molar-refractivity contribution in [1.82, 2.24) is 5.32 Å². The molecule has 0 heterocycles. The van der Waals surface area contributed by atoms with Crippen LogP contribution in [0.5, 0.6) is 0 Å². The lowest BCUT2D eigenvalue weighted by Gasteiger charge is -2.12. The van der Waals surface area contributed by atoms with Gasteiger partial charge in [-0.25, -0.2) is 8.42 Å². The zero-order valence-corrected chi connectivity index (χ0v) is 12.0. The molecule has 0 aliphatic rings. The van der Waals surface area contributed by atoms with Gasteiger partial charge in [0.2, 0.25) is 0 Å². The number of carbonyl (C=O) groups is 1. The fourth-order valence-corrected chi connectivity index (χ4v) is 2.78. The summed E-state index contributed by atoms with van der Waals surface area (Å²) >= 11 is 0. The maximum atomic E-state index is 11.9. The number of benzene rings is 1. The van der Waals surface area contributed by atoms with E-state index in [-0.39, 0.29) is 11.7 Å². The van der Waals surface area contributed by atoms with E-state index in [0.717, 1.165) is 18.2 Å². The molecule has 19 heavy (non-hydrogen) atoms. The molecule has 1 atom stereocenters. The minimum absolute atomic E-state index is 0.0655. The van der Waals surface area contributed by atoms with Crippen molar-refractivity contribution < 1.29 is 13.2 Å². The van der Waals surface area contributed by atoms with Crippen LogP contribution in [0.3, 0.4) is 0 Å². The SMILES string of the molecule is CC(CS(C)(=O)=O)NC(=O)c1ccc(CCN)cc1. The van der Waals surface area contributed by atoms with Crippen molar-refractivity contribution in [3.63, 3.8) is 0 Å². The van der Waals surface area contributed by atoms with Crippen molar-refractivity contribution in [2.45, 2.75) is 19.4 Å². The highest BCUT2D eigenvalue weighted by Gasteiger charge is 2.14. The van der Waals surface area contributed by atoms with E-state index in [1.807, 2.05) is 12.1 Å². The summed E-state index contributed by atoms with van der Waals surface area (Å²) < 4.78 is 22.2. The fraction of sp³-hybridized carbons (Fsp3) is 0.462. The Hall–Kier alpha value is -1.40. The van der Waals surface area contributed by atoms with Gasteiger partial charge < -0.3 is 11.1 Å². The maximum absolute atomic E-state index is 11.9. The zero-order valence-electron chi connectivity index (χ0n) is 11.2. The summed E-state index contributed by atoms with van der Waals surface area (Å²) in [4.78, 5) is 11.9. The second-order valence-electron chi connectivity index (χ2n) is 4.70. The average Bonchev–Trinajstić information content (AvgIpc) is 2.27. The number of sulfone groups is 1. The maximum Gasteiger partial charge on any atom is 0.251 e. The van der Waals surface area contributed by atoms with E-state index in [9.17, 15) is 13.2 Å². The normalized spacial score (nSPS) is 13.0. The fourth-order valence-electron chi connectivity index (χ4n) is 1.79. The van der Waals surface area contributed by atoms with Crippen molar-refractivity contribution in [3.05, 3.63) is 35.4 Å². The predicted octanol–water partition coefficient (Wildman–Crippen LogP) is 0.351. The summed E-state index contributed by atoms with van der Waals surface area (Å²) in [5.41, 5.74) is 7.03. The summed E-state index contributed by atoms with van der Waals surface area (Å²) in [5.74, 6) is -0.334. The van der Waals surface area contributed by atoms with Crippen LogP contribution in [0, 0.1) is 0 Å². The molecule has 0 fully saturated rings. The smallest absolute Gasteiger partial charge is 0.251 e. The van der Waals surface area contributed by atoms with Crippen LogP contribution in [0.4, 0.5) is 0 Å². The highest BCUT2D eigenvalue weighted by atomic mass is 32.2. The van der Waals surface area contributed by atoms with Gasteiger partial charge in [-0.3, -0.25) is 4.79 Å². The van der Waals surface area contributed by atoms with Crippen molar-refractivity contribution in [1.29, 1.82) is 0 Å². The summed E-state index contributed by atoms with van der Waals surface area (Å²) in [6, 6.07) is 6.72. The lowest BCUT2D eigenvalue weighted by Crippen LogP contribution is -2.37. The lowest BCUT2D eigenvalue weighted by molar-refractivity contribution is 0.0943. The van der Waals surface area contributed by atoms with Gasteiger partial charge in [-0.2, -0.15) is 0 Å². The van der Waals surface area contributed by atoms with E-state index >= 15 is 0 Å². The van der Waals surface area contributed by atoms with Crippen molar-refractivity contribution in [3.8, 4) is 0 Å². The molecule has 1 amide bonds. The number of nitrogens with one attached hydrogen (secondary N) is 1. The first-order chi connectivity index (χ1) is 8.81. The minimum atomic E-state index is -3.09. The molecule has 106 valence electrons. The Morgan fingerprint density at radius 3 is 2.37 bits per heavy atom. The van der Waals surface area contributed by atoms with Crippen molar-refractivity contribution in [2.75, 3.05) is 18.6 Å². The van der Waals surface area contributed by atoms with Crippen molar-refractivity contribution in [2.24, 2.45) is 5.73 Å². The molecule has 1 unspecified atom stereocenters. The first kappa shape index (κ1) is 15.7. The van der Waals surface area contributed by atoms with Gasteiger partial charge in [-0.15, -0.1) is 0 Å². The Morgan fingerprint density at radius 1 is 1.32 bits per heavy atom. The number of hydrogen-bond donors (Lipinski definition) is 2. The van der Waals surface area contributed by atoms with Gasteiger partial charge in [0.15, 0.2) is 0 Å². The number of hydrogen-bond acceptors (Lipinski definition) is 4. The van der Waals surface area contributed by atoms with Crippen LogP contribution in [0.1, 0.15) is 22.8 Å².